The van der Waals surface area contributed by atoms with Gasteiger partial charge in [0.15, 0.2) is 0 Å². The molecule has 0 aromatic heterocycles. The fourth-order valence-electron chi connectivity index (χ4n) is 1.75. The Kier molecular flexibility index (Phi) is 3.22. The van der Waals surface area contributed by atoms with Crippen molar-refractivity contribution in [2.24, 2.45) is 5.73 Å². The molecule has 0 amide bonds. The van der Waals surface area contributed by atoms with Crippen LogP contribution in [0.25, 0.3) is 11.1 Å². The minimum Gasteiger partial charge on any atom is -0.324 e. The summed E-state index contributed by atoms with van der Waals surface area (Å²) in [5, 5.41) is 8.86. The van der Waals surface area contributed by atoms with Gasteiger partial charge in [-0.1, -0.05) is 36.4 Å². The lowest BCUT2D eigenvalue weighted by Crippen LogP contribution is -2.04. The van der Waals surface area contributed by atoms with E-state index in [1.165, 1.54) is 0 Å². The lowest BCUT2D eigenvalue weighted by molar-refractivity contribution is 0.818. The molecule has 2 heteroatoms. The first kappa shape index (κ1) is 11.4. The van der Waals surface area contributed by atoms with E-state index in [0.29, 0.717) is 5.56 Å². The molecule has 2 rings (SSSR count). The van der Waals surface area contributed by atoms with Crippen molar-refractivity contribution in [2.75, 3.05) is 0 Å². The number of nitrogens with two attached hydrogens (primary N) is 1. The summed E-state index contributed by atoms with van der Waals surface area (Å²) in [6.07, 6.45) is 0. The minimum absolute atomic E-state index is 0.0505. The smallest absolute Gasteiger partial charge is 0.0991 e. The predicted molar refractivity (Wildman–Crippen MR) is 69.2 cm³/mol. The van der Waals surface area contributed by atoms with Crippen molar-refractivity contribution in [1.82, 2.24) is 0 Å². The Morgan fingerprint density at radius 3 is 2.35 bits per heavy atom. The summed E-state index contributed by atoms with van der Waals surface area (Å²) in [5.41, 5.74) is 9.76. The lowest BCUT2D eigenvalue weighted by atomic mass is 10.0. The maximum absolute atomic E-state index is 8.86. The highest BCUT2D eigenvalue weighted by Gasteiger charge is 2.01. The molecule has 0 saturated carbocycles. The second-order valence-corrected chi connectivity index (χ2v) is 4.10. The summed E-state index contributed by atoms with van der Waals surface area (Å²) >= 11 is 0. The van der Waals surface area contributed by atoms with Crippen LogP contribution < -0.4 is 5.73 Å². The molecule has 2 aromatic carbocycles. The van der Waals surface area contributed by atoms with Gasteiger partial charge in [0.05, 0.1) is 11.6 Å². The summed E-state index contributed by atoms with van der Waals surface area (Å²) in [4.78, 5) is 0. The van der Waals surface area contributed by atoms with E-state index in [1.54, 1.807) is 6.07 Å². The fourth-order valence-corrected chi connectivity index (χ4v) is 1.75. The van der Waals surface area contributed by atoms with Gasteiger partial charge >= 0.3 is 0 Å². The van der Waals surface area contributed by atoms with E-state index < -0.39 is 0 Å². The van der Waals surface area contributed by atoms with E-state index in [4.69, 9.17) is 11.0 Å². The van der Waals surface area contributed by atoms with E-state index in [-0.39, 0.29) is 6.04 Å². The SMILES string of the molecule is C[C@H](N)c1ccc(-c2cccc(C#N)c2)cc1. The molecule has 0 aliphatic carbocycles. The highest BCUT2D eigenvalue weighted by molar-refractivity contribution is 5.65. The first-order valence-electron chi connectivity index (χ1n) is 5.57. The molecule has 0 bridgehead atoms. The molecule has 0 spiro atoms. The Bertz CT molecular complexity index is 548. The summed E-state index contributed by atoms with van der Waals surface area (Å²) in [6, 6.07) is 17.9. The van der Waals surface area contributed by atoms with Crippen molar-refractivity contribution in [3.63, 3.8) is 0 Å². The van der Waals surface area contributed by atoms with Crippen LogP contribution in [-0.2, 0) is 0 Å². The van der Waals surface area contributed by atoms with Crippen LogP contribution >= 0.6 is 0 Å². The van der Waals surface area contributed by atoms with Gasteiger partial charge in [0.2, 0.25) is 0 Å². The molecule has 2 N–H and O–H groups in total. The monoisotopic (exact) mass is 222 g/mol. The Balaban J connectivity index is 2.37. The summed E-state index contributed by atoms with van der Waals surface area (Å²) < 4.78 is 0. The predicted octanol–water partition coefficient (Wildman–Crippen LogP) is 3.24. The number of rotatable bonds is 2. The zero-order valence-electron chi connectivity index (χ0n) is 9.72. The highest BCUT2D eigenvalue weighted by Crippen LogP contribution is 2.22. The van der Waals surface area contributed by atoms with E-state index in [0.717, 1.165) is 16.7 Å². The average molecular weight is 222 g/mol. The zero-order valence-corrected chi connectivity index (χ0v) is 9.72. The quantitative estimate of drug-likeness (QED) is 0.848. The molecule has 84 valence electrons. The normalized spacial score (nSPS) is 11.8. The van der Waals surface area contributed by atoms with Gasteiger partial charge in [-0.05, 0) is 35.7 Å². The van der Waals surface area contributed by atoms with E-state index in [2.05, 4.69) is 6.07 Å². The largest absolute Gasteiger partial charge is 0.324 e. The summed E-state index contributed by atoms with van der Waals surface area (Å²) in [6.45, 7) is 1.96. The third-order valence-corrected chi connectivity index (χ3v) is 2.76. The van der Waals surface area contributed by atoms with Crippen molar-refractivity contribution in [2.45, 2.75) is 13.0 Å². The second kappa shape index (κ2) is 4.82. The van der Waals surface area contributed by atoms with Crippen LogP contribution in [0.5, 0.6) is 0 Å². The van der Waals surface area contributed by atoms with Crippen LogP contribution in [0.3, 0.4) is 0 Å². The topological polar surface area (TPSA) is 49.8 Å². The van der Waals surface area contributed by atoms with Crippen molar-refractivity contribution in [3.05, 3.63) is 59.7 Å². The van der Waals surface area contributed by atoms with Gasteiger partial charge in [-0.2, -0.15) is 5.26 Å². The van der Waals surface area contributed by atoms with Crippen LogP contribution in [0.15, 0.2) is 48.5 Å². The van der Waals surface area contributed by atoms with Crippen molar-refractivity contribution in [1.29, 1.82) is 5.26 Å². The molecule has 17 heavy (non-hydrogen) atoms. The molecule has 1 atom stereocenters. The van der Waals surface area contributed by atoms with Crippen molar-refractivity contribution >= 4 is 0 Å². The van der Waals surface area contributed by atoms with Gasteiger partial charge in [0.25, 0.3) is 0 Å². The Morgan fingerprint density at radius 2 is 1.76 bits per heavy atom. The highest BCUT2D eigenvalue weighted by atomic mass is 14.6. The van der Waals surface area contributed by atoms with Crippen LogP contribution in [0, 0.1) is 11.3 Å². The first-order chi connectivity index (χ1) is 8.20. The van der Waals surface area contributed by atoms with Gasteiger partial charge in [0.1, 0.15) is 0 Å². The van der Waals surface area contributed by atoms with Crippen LogP contribution in [0.1, 0.15) is 24.1 Å². The maximum Gasteiger partial charge on any atom is 0.0991 e. The summed E-state index contributed by atoms with van der Waals surface area (Å²) in [5.74, 6) is 0. The molecule has 0 heterocycles. The van der Waals surface area contributed by atoms with Gasteiger partial charge in [0, 0.05) is 6.04 Å². The average Bonchev–Trinajstić information content (AvgIpc) is 2.39. The molecule has 2 aromatic rings. The molecule has 0 radical (unpaired) electrons. The van der Waals surface area contributed by atoms with E-state index in [9.17, 15) is 0 Å². The van der Waals surface area contributed by atoms with Gasteiger partial charge in [-0.3, -0.25) is 0 Å². The zero-order chi connectivity index (χ0) is 12.3. The maximum atomic E-state index is 8.86. The molecule has 0 unspecified atom stereocenters. The minimum atomic E-state index is 0.0505. The Morgan fingerprint density at radius 1 is 1.06 bits per heavy atom. The standard InChI is InChI=1S/C15H14N2/c1-11(17)13-5-7-14(8-6-13)15-4-2-3-12(9-15)10-16/h2-9,11H,17H2,1H3/t11-/m0/s1. The van der Waals surface area contributed by atoms with Crippen LogP contribution in [-0.4, -0.2) is 0 Å². The van der Waals surface area contributed by atoms with Gasteiger partial charge < -0.3 is 5.73 Å². The van der Waals surface area contributed by atoms with Gasteiger partial charge in [-0.25, -0.2) is 0 Å². The number of nitrogens with zero attached hydrogens (tertiary/aromatic N) is 1. The lowest BCUT2D eigenvalue weighted by Gasteiger charge is -2.07. The van der Waals surface area contributed by atoms with E-state index in [1.807, 2.05) is 49.4 Å². The molecular weight excluding hydrogens is 208 g/mol. The Labute approximate surface area is 101 Å². The number of nitriles is 1. The second-order valence-electron chi connectivity index (χ2n) is 4.10. The number of benzene rings is 2. The molecular formula is C15H14N2. The Hall–Kier alpha value is -2.11. The third-order valence-electron chi connectivity index (χ3n) is 2.76. The molecule has 0 fully saturated rings. The van der Waals surface area contributed by atoms with Crippen molar-refractivity contribution in [3.8, 4) is 17.2 Å². The van der Waals surface area contributed by atoms with Crippen molar-refractivity contribution < 1.29 is 0 Å². The fraction of sp³-hybridized carbons (Fsp3) is 0.133. The molecule has 0 saturated heterocycles. The summed E-state index contributed by atoms with van der Waals surface area (Å²) in [7, 11) is 0. The van der Waals surface area contributed by atoms with Gasteiger partial charge in [-0.15, -0.1) is 0 Å². The number of hydrogen-bond donors (Lipinski definition) is 1. The molecule has 0 aliphatic rings. The molecule has 2 nitrogen and oxygen atoms in total. The third kappa shape index (κ3) is 2.52. The number of hydrogen-bond acceptors (Lipinski definition) is 2. The first-order valence-corrected chi connectivity index (χ1v) is 5.57. The van der Waals surface area contributed by atoms with Crippen LogP contribution in [0.2, 0.25) is 0 Å². The van der Waals surface area contributed by atoms with Crippen LogP contribution in [0.4, 0.5) is 0 Å². The van der Waals surface area contributed by atoms with E-state index >= 15 is 0 Å². The molecule has 0 aliphatic heterocycles.